The summed E-state index contributed by atoms with van der Waals surface area (Å²) in [6.45, 7) is 2.10. The van der Waals surface area contributed by atoms with Gasteiger partial charge in [0.15, 0.2) is 0 Å². The minimum absolute atomic E-state index is 0.268. The first-order chi connectivity index (χ1) is 14.1. The van der Waals surface area contributed by atoms with Crippen molar-refractivity contribution in [2.75, 3.05) is 5.32 Å². The number of halogens is 2. The van der Waals surface area contributed by atoms with Crippen LogP contribution in [0.25, 0.3) is 11.5 Å². The maximum Gasteiger partial charge on any atom is 0.247 e. The molecule has 0 saturated carbocycles. The van der Waals surface area contributed by atoms with Gasteiger partial charge in [0, 0.05) is 16.3 Å². The molecule has 1 aromatic heterocycles. The minimum atomic E-state index is -0.380. The van der Waals surface area contributed by atoms with Crippen LogP contribution >= 0.6 is 11.6 Å². The van der Waals surface area contributed by atoms with Crippen LogP contribution in [0.4, 0.5) is 10.1 Å². The highest BCUT2D eigenvalue weighted by Gasteiger charge is 2.22. The molecule has 0 amide bonds. The van der Waals surface area contributed by atoms with Crippen LogP contribution in [0, 0.1) is 5.82 Å². The number of anilines is 1. The van der Waals surface area contributed by atoms with Gasteiger partial charge in [0.2, 0.25) is 11.8 Å². The van der Waals surface area contributed by atoms with Crippen LogP contribution in [-0.4, -0.2) is 10.2 Å². The predicted octanol–water partition coefficient (Wildman–Crippen LogP) is 6.29. The molecule has 0 aliphatic heterocycles. The van der Waals surface area contributed by atoms with E-state index in [0.717, 1.165) is 17.7 Å². The number of hydrogen-bond donors (Lipinski definition) is 1. The molecule has 0 bridgehead atoms. The number of rotatable bonds is 6. The lowest BCUT2D eigenvalue weighted by Crippen LogP contribution is -2.14. The monoisotopic (exact) mass is 407 g/mol. The van der Waals surface area contributed by atoms with Crippen molar-refractivity contribution in [2.45, 2.75) is 19.4 Å². The zero-order valence-corrected chi connectivity index (χ0v) is 16.5. The van der Waals surface area contributed by atoms with Gasteiger partial charge >= 0.3 is 0 Å². The van der Waals surface area contributed by atoms with E-state index in [1.54, 1.807) is 12.1 Å². The van der Waals surface area contributed by atoms with E-state index in [-0.39, 0.29) is 17.7 Å². The van der Waals surface area contributed by atoms with E-state index in [2.05, 4.69) is 28.5 Å². The van der Waals surface area contributed by atoms with Crippen LogP contribution in [0.3, 0.4) is 0 Å². The largest absolute Gasteiger partial charge is 0.418 e. The van der Waals surface area contributed by atoms with Crippen molar-refractivity contribution in [3.63, 3.8) is 0 Å². The highest BCUT2D eigenvalue weighted by molar-refractivity contribution is 6.30. The Morgan fingerprint density at radius 1 is 1.00 bits per heavy atom. The van der Waals surface area contributed by atoms with Gasteiger partial charge < -0.3 is 9.73 Å². The molecule has 6 heteroatoms. The Labute approximate surface area is 173 Å². The van der Waals surface area contributed by atoms with E-state index in [1.807, 2.05) is 42.5 Å². The van der Waals surface area contributed by atoms with Crippen LogP contribution in [0.15, 0.2) is 77.2 Å². The van der Waals surface area contributed by atoms with Crippen LogP contribution in [0.2, 0.25) is 5.02 Å². The normalized spacial score (nSPS) is 12.0. The second-order valence-electron chi connectivity index (χ2n) is 6.60. The highest BCUT2D eigenvalue weighted by Crippen LogP contribution is 2.30. The van der Waals surface area contributed by atoms with Crippen molar-refractivity contribution in [3.05, 3.63) is 101 Å². The summed E-state index contributed by atoms with van der Waals surface area (Å²) < 4.78 is 19.5. The molecule has 0 radical (unpaired) electrons. The lowest BCUT2D eigenvalue weighted by molar-refractivity contribution is 0.493. The molecule has 4 aromatic rings. The molecule has 146 valence electrons. The molecule has 0 spiro atoms. The molecular weight excluding hydrogens is 389 g/mol. The number of aromatic nitrogens is 2. The summed E-state index contributed by atoms with van der Waals surface area (Å²) in [6.07, 6.45) is 0.884. The topological polar surface area (TPSA) is 51.0 Å². The number of aryl methyl sites for hydroxylation is 1. The Kier molecular flexibility index (Phi) is 5.58. The van der Waals surface area contributed by atoms with E-state index in [0.29, 0.717) is 16.5 Å². The van der Waals surface area contributed by atoms with Gasteiger partial charge in [0.05, 0.1) is 0 Å². The summed E-state index contributed by atoms with van der Waals surface area (Å²) in [5.41, 5.74) is 3.62. The van der Waals surface area contributed by atoms with Gasteiger partial charge in [-0.05, 0) is 53.9 Å². The van der Waals surface area contributed by atoms with Gasteiger partial charge in [-0.3, -0.25) is 0 Å². The number of para-hydroxylation sites is 1. The second-order valence-corrected chi connectivity index (χ2v) is 7.03. The lowest BCUT2D eigenvalue weighted by Gasteiger charge is -2.19. The van der Waals surface area contributed by atoms with Crippen molar-refractivity contribution in [3.8, 4) is 11.5 Å². The summed E-state index contributed by atoms with van der Waals surface area (Å²) in [5.74, 6) is 0.299. The zero-order chi connectivity index (χ0) is 20.2. The molecule has 4 nitrogen and oxygen atoms in total. The molecular formula is C23H19ClFN3O. The van der Waals surface area contributed by atoms with Gasteiger partial charge in [-0.2, -0.15) is 0 Å². The Balaban J connectivity index is 1.73. The van der Waals surface area contributed by atoms with E-state index < -0.39 is 0 Å². The summed E-state index contributed by atoms with van der Waals surface area (Å²) >= 11 is 6.06. The Hall–Kier alpha value is -3.18. The third-order valence-corrected chi connectivity index (χ3v) is 4.91. The molecule has 0 aliphatic carbocycles. The van der Waals surface area contributed by atoms with E-state index in [1.165, 1.54) is 17.7 Å². The Bertz CT molecular complexity index is 1110. The van der Waals surface area contributed by atoms with Crippen LogP contribution in [-0.2, 0) is 6.42 Å². The van der Waals surface area contributed by atoms with Gasteiger partial charge in [-0.25, -0.2) is 4.39 Å². The van der Waals surface area contributed by atoms with Gasteiger partial charge in [0.1, 0.15) is 11.9 Å². The fourth-order valence-electron chi connectivity index (χ4n) is 3.16. The molecule has 0 saturated heterocycles. The average Bonchev–Trinajstić information content (AvgIpc) is 3.23. The van der Waals surface area contributed by atoms with Gasteiger partial charge in [-0.1, -0.05) is 54.9 Å². The van der Waals surface area contributed by atoms with Crippen LogP contribution < -0.4 is 5.32 Å². The van der Waals surface area contributed by atoms with Crippen LogP contribution in [0.5, 0.6) is 0 Å². The molecule has 1 N–H and O–H groups in total. The smallest absolute Gasteiger partial charge is 0.247 e. The first-order valence-electron chi connectivity index (χ1n) is 9.33. The summed E-state index contributed by atoms with van der Waals surface area (Å²) in [4.78, 5) is 0. The van der Waals surface area contributed by atoms with E-state index in [4.69, 9.17) is 16.0 Å². The maximum absolute atomic E-state index is 13.6. The second kappa shape index (κ2) is 8.45. The summed E-state index contributed by atoms with van der Waals surface area (Å²) in [5, 5.41) is 12.5. The molecule has 0 fully saturated rings. The molecule has 1 atom stereocenters. The fourth-order valence-corrected chi connectivity index (χ4v) is 3.28. The third-order valence-electron chi connectivity index (χ3n) is 4.66. The molecule has 29 heavy (non-hydrogen) atoms. The zero-order valence-electron chi connectivity index (χ0n) is 15.8. The number of nitrogens with one attached hydrogen (secondary N) is 1. The Morgan fingerprint density at radius 3 is 2.55 bits per heavy atom. The SMILES string of the molecule is CCc1ccccc1NC(c1ccc(Cl)cc1)c1nnc(-c2cccc(F)c2)o1. The molecule has 3 aromatic carbocycles. The van der Waals surface area contributed by atoms with Crippen molar-refractivity contribution in [1.29, 1.82) is 0 Å². The standard InChI is InChI=1S/C23H19ClFN3O/c1-2-15-6-3-4-9-20(15)26-21(16-10-12-18(24)13-11-16)23-28-27-22(29-23)17-7-5-8-19(25)14-17/h3-14,21,26H,2H2,1H3. The molecule has 0 aliphatic rings. The molecule has 1 unspecified atom stereocenters. The molecule has 1 heterocycles. The molecule has 4 rings (SSSR count). The van der Waals surface area contributed by atoms with Crippen molar-refractivity contribution in [1.82, 2.24) is 10.2 Å². The Morgan fingerprint density at radius 2 is 1.79 bits per heavy atom. The quantitative estimate of drug-likeness (QED) is 0.408. The minimum Gasteiger partial charge on any atom is -0.418 e. The average molecular weight is 408 g/mol. The number of benzene rings is 3. The van der Waals surface area contributed by atoms with Crippen LogP contribution in [0.1, 0.15) is 30.0 Å². The predicted molar refractivity (Wildman–Crippen MR) is 112 cm³/mol. The third kappa shape index (κ3) is 4.30. The fraction of sp³-hybridized carbons (Fsp3) is 0.130. The van der Waals surface area contributed by atoms with E-state index >= 15 is 0 Å². The van der Waals surface area contributed by atoms with Crippen molar-refractivity contribution in [2.24, 2.45) is 0 Å². The van der Waals surface area contributed by atoms with Crippen molar-refractivity contribution >= 4 is 17.3 Å². The summed E-state index contributed by atoms with van der Waals surface area (Å²) in [7, 11) is 0. The van der Waals surface area contributed by atoms with E-state index in [9.17, 15) is 4.39 Å². The lowest BCUT2D eigenvalue weighted by atomic mass is 10.0. The first kappa shape index (κ1) is 19.2. The maximum atomic E-state index is 13.6. The number of nitrogens with zero attached hydrogens (tertiary/aromatic N) is 2. The summed E-state index contributed by atoms with van der Waals surface area (Å²) in [6, 6.07) is 21.3. The van der Waals surface area contributed by atoms with Gasteiger partial charge in [0.25, 0.3) is 0 Å². The van der Waals surface area contributed by atoms with Gasteiger partial charge in [-0.15, -0.1) is 10.2 Å². The highest BCUT2D eigenvalue weighted by atomic mass is 35.5. The number of hydrogen-bond acceptors (Lipinski definition) is 4. The first-order valence-corrected chi connectivity index (χ1v) is 9.71. The van der Waals surface area contributed by atoms with Crippen molar-refractivity contribution < 1.29 is 8.81 Å².